The molecule has 1 unspecified atom stereocenters. The highest BCUT2D eigenvalue weighted by Gasteiger charge is 2.28. The Morgan fingerprint density at radius 1 is 1.35 bits per heavy atom. The first-order chi connectivity index (χ1) is 11.1. The summed E-state index contributed by atoms with van der Waals surface area (Å²) in [5.41, 5.74) is 0.908. The Morgan fingerprint density at radius 3 is 2.91 bits per heavy atom. The molecular formula is C17H21N3O3. The molecular weight excluding hydrogens is 294 g/mol. The van der Waals surface area contributed by atoms with E-state index in [0.717, 1.165) is 29.0 Å². The van der Waals surface area contributed by atoms with Gasteiger partial charge in [-0.05, 0) is 30.3 Å². The van der Waals surface area contributed by atoms with Gasteiger partial charge in [-0.2, -0.15) is 0 Å². The quantitative estimate of drug-likeness (QED) is 0.860. The molecule has 0 radical (unpaired) electrons. The van der Waals surface area contributed by atoms with E-state index < -0.39 is 6.10 Å². The maximum atomic E-state index is 12.1. The van der Waals surface area contributed by atoms with E-state index >= 15 is 0 Å². The van der Waals surface area contributed by atoms with Gasteiger partial charge in [0.15, 0.2) is 6.10 Å². The van der Waals surface area contributed by atoms with Gasteiger partial charge in [0.05, 0.1) is 25.8 Å². The predicted octanol–water partition coefficient (Wildman–Crippen LogP) is 1.54. The van der Waals surface area contributed by atoms with Gasteiger partial charge in [0.25, 0.3) is 5.91 Å². The largest absolute Gasteiger partial charge is 0.497 e. The Labute approximate surface area is 135 Å². The van der Waals surface area contributed by atoms with E-state index in [-0.39, 0.29) is 5.91 Å². The first kappa shape index (κ1) is 15.6. The number of fused-ring (bicyclic) bond motifs is 1. The molecule has 2 aromatic rings. The van der Waals surface area contributed by atoms with Gasteiger partial charge in [-0.15, -0.1) is 0 Å². The van der Waals surface area contributed by atoms with Crippen LogP contribution >= 0.6 is 0 Å². The number of anilines is 1. The molecule has 3 rings (SSSR count). The van der Waals surface area contributed by atoms with Gasteiger partial charge in [0, 0.05) is 26.0 Å². The molecule has 122 valence electrons. The summed E-state index contributed by atoms with van der Waals surface area (Å²) in [6.07, 6.45) is -0.438. The maximum Gasteiger partial charge on any atom is 0.253 e. The number of likely N-dealkylation sites (N-methyl/N-ethyl adjacent to an activating group) is 1. The minimum Gasteiger partial charge on any atom is -0.497 e. The van der Waals surface area contributed by atoms with E-state index in [2.05, 4.69) is 4.90 Å². The Hall–Kier alpha value is -2.34. The zero-order chi connectivity index (χ0) is 16.4. The van der Waals surface area contributed by atoms with Crippen molar-refractivity contribution in [2.75, 3.05) is 45.8 Å². The molecule has 1 saturated heterocycles. The molecule has 1 fully saturated rings. The lowest BCUT2D eigenvalue weighted by molar-refractivity contribution is -0.141. The van der Waals surface area contributed by atoms with Gasteiger partial charge >= 0.3 is 0 Å². The number of amides is 1. The fourth-order valence-electron chi connectivity index (χ4n) is 2.69. The minimum absolute atomic E-state index is 0.0137. The Morgan fingerprint density at radius 2 is 2.17 bits per heavy atom. The van der Waals surface area contributed by atoms with Gasteiger partial charge in [-0.25, -0.2) is 4.98 Å². The van der Waals surface area contributed by atoms with Crippen LogP contribution in [0.15, 0.2) is 30.3 Å². The summed E-state index contributed by atoms with van der Waals surface area (Å²) in [4.78, 5) is 20.5. The Balaban J connectivity index is 1.83. The molecule has 1 aromatic carbocycles. The highest BCUT2D eigenvalue weighted by Crippen LogP contribution is 2.23. The number of pyridine rings is 1. The molecule has 0 aliphatic carbocycles. The molecule has 6 nitrogen and oxygen atoms in total. The Kier molecular flexibility index (Phi) is 4.34. The van der Waals surface area contributed by atoms with E-state index in [1.807, 2.05) is 30.3 Å². The number of aromatic nitrogens is 1. The third-order valence-electron chi connectivity index (χ3n) is 3.99. The summed E-state index contributed by atoms with van der Waals surface area (Å²) in [5.74, 6) is 1.66. The standard InChI is InChI=1S/C17H21N3O3/c1-19(2)17(21)15-11-20(8-9-23-15)16-7-4-12-10-13(22-3)5-6-14(12)18-16/h4-7,10,15H,8-9,11H2,1-3H3. The van der Waals surface area contributed by atoms with E-state index in [1.54, 1.807) is 26.1 Å². The second-order valence-corrected chi connectivity index (χ2v) is 5.77. The molecule has 0 N–H and O–H groups in total. The lowest BCUT2D eigenvalue weighted by Crippen LogP contribution is -2.49. The number of carbonyl (C=O) groups excluding carboxylic acids is 1. The van der Waals surface area contributed by atoms with Gasteiger partial charge in [-0.1, -0.05) is 0 Å². The maximum absolute atomic E-state index is 12.1. The molecule has 1 atom stereocenters. The van der Waals surface area contributed by atoms with Crippen LogP contribution in [-0.2, 0) is 9.53 Å². The second kappa shape index (κ2) is 6.42. The van der Waals surface area contributed by atoms with Crippen LogP contribution in [-0.4, -0.2) is 62.8 Å². The van der Waals surface area contributed by atoms with Crippen molar-refractivity contribution in [3.63, 3.8) is 0 Å². The van der Waals surface area contributed by atoms with Crippen LogP contribution in [0, 0.1) is 0 Å². The summed E-state index contributed by atoms with van der Waals surface area (Å²) >= 11 is 0. The summed E-state index contributed by atoms with van der Waals surface area (Å²) in [6, 6.07) is 9.81. The molecule has 1 aliphatic rings. The van der Waals surface area contributed by atoms with Crippen LogP contribution in [0.5, 0.6) is 5.75 Å². The molecule has 0 spiro atoms. The molecule has 1 aromatic heterocycles. The zero-order valence-corrected chi connectivity index (χ0v) is 13.7. The molecule has 2 heterocycles. The number of morpholine rings is 1. The highest BCUT2D eigenvalue weighted by atomic mass is 16.5. The van der Waals surface area contributed by atoms with Crippen molar-refractivity contribution in [3.05, 3.63) is 30.3 Å². The first-order valence-corrected chi connectivity index (χ1v) is 7.61. The lowest BCUT2D eigenvalue weighted by Gasteiger charge is -2.34. The average molecular weight is 315 g/mol. The van der Waals surface area contributed by atoms with Crippen LogP contribution in [0.25, 0.3) is 10.9 Å². The fourth-order valence-corrected chi connectivity index (χ4v) is 2.69. The fraction of sp³-hybridized carbons (Fsp3) is 0.412. The van der Waals surface area contributed by atoms with Gasteiger partial charge in [-0.3, -0.25) is 4.79 Å². The van der Waals surface area contributed by atoms with Crippen LogP contribution in [0.4, 0.5) is 5.82 Å². The van der Waals surface area contributed by atoms with Crippen LogP contribution in [0.1, 0.15) is 0 Å². The molecule has 6 heteroatoms. The average Bonchev–Trinajstić information content (AvgIpc) is 2.60. The topological polar surface area (TPSA) is 54.9 Å². The number of hydrogen-bond donors (Lipinski definition) is 0. The number of rotatable bonds is 3. The van der Waals surface area contributed by atoms with Crippen LogP contribution in [0.3, 0.4) is 0 Å². The number of carbonyl (C=O) groups is 1. The third-order valence-corrected chi connectivity index (χ3v) is 3.99. The number of hydrogen-bond acceptors (Lipinski definition) is 5. The van der Waals surface area contributed by atoms with Crippen molar-refractivity contribution >= 4 is 22.6 Å². The summed E-state index contributed by atoms with van der Waals surface area (Å²) in [6.45, 7) is 1.77. The van der Waals surface area contributed by atoms with Gasteiger partial charge in [0.1, 0.15) is 11.6 Å². The van der Waals surface area contributed by atoms with Crippen molar-refractivity contribution in [3.8, 4) is 5.75 Å². The van der Waals surface area contributed by atoms with Gasteiger partial charge in [0.2, 0.25) is 0 Å². The van der Waals surface area contributed by atoms with Crippen molar-refractivity contribution in [1.29, 1.82) is 0 Å². The molecule has 0 bridgehead atoms. The van der Waals surface area contributed by atoms with Crippen molar-refractivity contribution in [2.45, 2.75) is 6.10 Å². The van der Waals surface area contributed by atoms with E-state index in [4.69, 9.17) is 14.5 Å². The molecule has 23 heavy (non-hydrogen) atoms. The minimum atomic E-state index is -0.438. The van der Waals surface area contributed by atoms with Crippen molar-refractivity contribution < 1.29 is 14.3 Å². The first-order valence-electron chi connectivity index (χ1n) is 7.61. The normalized spacial score (nSPS) is 18.0. The number of benzene rings is 1. The highest BCUT2D eigenvalue weighted by molar-refractivity contribution is 5.83. The SMILES string of the molecule is COc1ccc2nc(N3CCOC(C(=O)N(C)C)C3)ccc2c1. The van der Waals surface area contributed by atoms with Gasteiger partial charge < -0.3 is 19.3 Å². The Bertz CT molecular complexity index is 717. The molecule has 1 amide bonds. The van der Waals surface area contributed by atoms with E-state index in [9.17, 15) is 4.79 Å². The molecule has 0 saturated carbocycles. The smallest absolute Gasteiger partial charge is 0.253 e. The van der Waals surface area contributed by atoms with Crippen LogP contribution in [0.2, 0.25) is 0 Å². The van der Waals surface area contributed by atoms with E-state index in [0.29, 0.717) is 13.2 Å². The second-order valence-electron chi connectivity index (χ2n) is 5.77. The van der Waals surface area contributed by atoms with Crippen molar-refractivity contribution in [1.82, 2.24) is 9.88 Å². The lowest BCUT2D eigenvalue weighted by atomic mass is 10.2. The number of methoxy groups -OCH3 is 1. The summed E-state index contributed by atoms with van der Waals surface area (Å²) in [5, 5.41) is 1.03. The molecule has 1 aliphatic heterocycles. The zero-order valence-electron chi connectivity index (χ0n) is 13.7. The third kappa shape index (κ3) is 3.22. The summed E-state index contributed by atoms with van der Waals surface area (Å²) in [7, 11) is 5.14. The number of nitrogens with zero attached hydrogens (tertiary/aromatic N) is 3. The van der Waals surface area contributed by atoms with Crippen molar-refractivity contribution in [2.24, 2.45) is 0 Å². The predicted molar refractivity (Wildman–Crippen MR) is 88.9 cm³/mol. The van der Waals surface area contributed by atoms with E-state index in [1.165, 1.54) is 0 Å². The summed E-state index contributed by atoms with van der Waals surface area (Å²) < 4.78 is 10.8. The van der Waals surface area contributed by atoms with Crippen LogP contribution < -0.4 is 9.64 Å². The number of ether oxygens (including phenoxy) is 2. The monoisotopic (exact) mass is 315 g/mol.